The van der Waals surface area contributed by atoms with E-state index in [0.29, 0.717) is 17.7 Å². The molecule has 0 saturated heterocycles. The smallest absolute Gasteiger partial charge is 0.269 e. The zero-order chi connectivity index (χ0) is 20.5. The molecule has 28 heavy (non-hydrogen) atoms. The van der Waals surface area contributed by atoms with E-state index in [1.807, 2.05) is 0 Å². The average Bonchev–Trinajstić information content (AvgIpc) is 2.70. The molecule has 1 aromatic carbocycles. The Morgan fingerprint density at radius 2 is 1.79 bits per heavy atom. The van der Waals surface area contributed by atoms with Crippen molar-refractivity contribution in [2.24, 2.45) is 0 Å². The number of hydroxylamine groups is 1. The van der Waals surface area contributed by atoms with Gasteiger partial charge in [-0.2, -0.15) is 0 Å². The molecule has 0 saturated carbocycles. The molecule has 0 aliphatic heterocycles. The van der Waals surface area contributed by atoms with Crippen molar-refractivity contribution in [2.75, 3.05) is 10.6 Å². The van der Waals surface area contributed by atoms with E-state index in [2.05, 4.69) is 28.7 Å². The number of nitrogen functional groups attached to an aromatic ring is 1. The van der Waals surface area contributed by atoms with E-state index in [1.54, 1.807) is 30.3 Å². The number of nitrogens with one attached hydrogen (secondary N) is 1. The summed E-state index contributed by atoms with van der Waals surface area (Å²) in [5.41, 5.74) is 9.00. The fourth-order valence-electron chi connectivity index (χ4n) is 2.29. The first-order valence-electron chi connectivity index (χ1n) is 8.15. The molecule has 2 atom stereocenters. The Morgan fingerprint density at radius 1 is 1.18 bits per heavy atom. The molecule has 2 amide bonds. The highest BCUT2D eigenvalue weighted by Crippen LogP contribution is 2.15. The molecule has 0 unspecified atom stereocenters. The van der Waals surface area contributed by atoms with Crippen LogP contribution in [-0.4, -0.2) is 39.8 Å². The molecule has 0 aliphatic carbocycles. The number of aliphatic hydroxyl groups excluding tert-OH is 1. The van der Waals surface area contributed by atoms with Gasteiger partial charge in [-0.3, -0.25) is 19.7 Å². The van der Waals surface area contributed by atoms with Gasteiger partial charge in [0.15, 0.2) is 0 Å². The maximum absolute atomic E-state index is 11.7. The normalized spacial score (nSPS) is 11.7. The monoisotopic (exact) mass is 378 g/mol. The number of carbonyl (C=O) groups excluding carboxylic acids is 2. The van der Waals surface area contributed by atoms with Crippen molar-refractivity contribution in [2.45, 2.75) is 19.1 Å². The summed E-state index contributed by atoms with van der Waals surface area (Å²) in [6, 6.07) is 8.79. The van der Waals surface area contributed by atoms with Crippen LogP contribution < -0.4 is 16.1 Å². The van der Waals surface area contributed by atoms with E-state index < -0.39 is 18.1 Å². The SMILES string of the molecule is C[C@@H](O)[C@@H](C(=O)NO)N(C=O)c1ccc(C#CC#Cc2ccc(N)cc2)cn1. The van der Waals surface area contributed by atoms with E-state index in [-0.39, 0.29) is 5.82 Å². The predicted molar refractivity (Wildman–Crippen MR) is 103 cm³/mol. The fourth-order valence-corrected chi connectivity index (χ4v) is 2.29. The highest BCUT2D eigenvalue weighted by molar-refractivity contribution is 5.91. The Morgan fingerprint density at radius 3 is 2.29 bits per heavy atom. The van der Waals surface area contributed by atoms with Gasteiger partial charge in [-0.15, -0.1) is 0 Å². The molecule has 142 valence electrons. The van der Waals surface area contributed by atoms with Gasteiger partial charge in [0.2, 0.25) is 6.41 Å². The lowest BCUT2D eigenvalue weighted by Gasteiger charge is -2.27. The highest BCUT2D eigenvalue weighted by Gasteiger charge is 2.31. The van der Waals surface area contributed by atoms with E-state index in [4.69, 9.17) is 10.9 Å². The number of benzene rings is 1. The molecule has 0 fully saturated rings. The highest BCUT2D eigenvalue weighted by atomic mass is 16.5. The number of carbonyl (C=O) groups is 2. The number of nitrogens with two attached hydrogens (primary N) is 1. The third-order valence-corrected chi connectivity index (χ3v) is 3.65. The third-order valence-electron chi connectivity index (χ3n) is 3.65. The summed E-state index contributed by atoms with van der Waals surface area (Å²) >= 11 is 0. The minimum atomic E-state index is -1.34. The second kappa shape index (κ2) is 9.74. The summed E-state index contributed by atoms with van der Waals surface area (Å²) in [7, 11) is 0. The number of hydrogen-bond donors (Lipinski definition) is 4. The van der Waals surface area contributed by atoms with E-state index in [1.165, 1.54) is 24.7 Å². The first kappa shape index (κ1) is 20.5. The number of rotatable bonds is 5. The molecular weight excluding hydrogens is 360 g/mol. The van der Waals surface area contributed by atoms with Crippen LogP contribution in [0.3, 0.4) is 0 Å². The first-order chi connectivity index (χ1) is 13.5. The van der Waals surface area contributed by atoms with Crippen LogP contribution in [-0.2, 0) is 9.59 Å². The van der Waals surface area contributed by atoms with Crippen molar-refractivity contribution in [1.82, 2.24) is 10.5 Å². The van der Waals surface area contributed by atoms with Crippen molar-refractivity contribution >= 4 is 23.8 Å². The van der Waals surface area contributed by atoms with E-state index in [0.717, 1.165) is 10.5 Å². The number of amides is 2. The molecule has 0 bridgehead atoms. The lowest BCUT2D eigenvalue weighted by molar-refractivity contribution is -0.134. The molecule has 1 aromatic heterocycles. The quantitative estimate of drug-likeness (QED) is 0.195. The Kier molecular flexibility index (Phi) is 7.12. The standard InChI is InChI=1S/C20H18N4O4/c1-14(26)19(20(27)23-28)24(13-25)18-11-8-16(12-22-18)5-3-2-4-15-6-9-17(21)10-7-15/h6-14,19,26,28H,21H2,1H3,(H,23,27)/t14-,19+/m1/s1. The topological polar surface area (TPSA) is 129 Å². The van der Waals surface area contributed by atoms with Crippen LogP contribution >= 0.6 is 0 Å². The van der Waals surface area contributed by atoms with Crippen LogP contribution in [0.5, 0.6) is 0 Å². The maximum atomic E-state index is 11.7. The molecule has 1 heterocycles. The molecule has 0 aliphatic rings. The van der Waals surface area contributed by atoms with Gasteiger partial charge < -0.3 is 10.8 Å². The van der Waals surface area contributed by atoms with Crippen molar-refractivity contribution in [3.63, 3.8) is 0 Å². The Bertz CT molecular complexity index is 948. The summed E-state index contributed by atoms with van der Waals surface area (Å²) in [5.74, 6) is 10.3. The van der Waals surface area contributed by atoms with Gasteiger partial charge >= 0.3 is 0 Å². The molecule has 0 radical (unpaired) electrons. The van der Waals surface area contributed by atoms with Crippen LogP contribution in [0.1, 0.15) is 18.1 Å². The lowest BCUT2D eigenvalue weighted by atomic mass is 10.1. The number of nitrogens with zero attached hydrogens (tertiary/aromatic N) is 2. The number of pyridine rings is 1. The van der Waals surface area contributed by atoms with Gasteiger partial charge in [0, 0.05) is 23.0 Å². The van der Waals surface area contributed by atoms with Gasteiger partial charge in [-0.25, -0.2) is 10.5 Å². The fraction of sp³-hybridized carbons (Fsp3) is 0.150. The molecule has 2 aromatic rings. The summed E-state index contributed by atoms with van der Waals surface area (Å²) < 4.78 is 0. The number of aromatic nitrogens is 1. The second-order valence-electron chi connectivity index (χ2n) is 5.70. The minimum absolute atomic E-state index is 0.114. The zero-order valence-corrected chi connectivity index (χ0v) is 15.0. The predicted octanol–water partition coefficient (Wildman–Crippen LogP) is 0.285. The molecule has 2 rings (SSSR count). The number of anilines is 2. The Hall–Kier alpha value is -3.85. The van der Waals surface area contributed by atoms with E-state index in [9.17, 15) is 14.7 Å². The summed E-state index contributed by atoms with van der Waals surface area (Å²) in [4.78, 5) is 28.1. The van der Waals surface area contributed by atoms with Crippen LogP contribution in [0.2, 0.25) is 0 Å². The molecule has 0 spiro atoms. The lowest BCUT2D eigenvalue weighted by Crippen LogP contribution is -2.52. The van der Waals surface area contributed by atoms with Crippen LogP contribution in [0.25, 0.3) is 0 Å². The van der Waals surface area contributed by atoms with Crippen molar-refractivity contribution in [3.8, 4) is 23.7 Å². The number of hydrogen-bond acceptors (Lipinski definition) is 6. The van der Waals surface area contributed by atoms with Gasteiger partial charge in [-0.1, -0.05) is 11.8 Å². The zero-order valence-electron chi connectivity index (χ0n) is 15.0. The molecule has 8 nitrogen and oxygen atoms in total. The summed E-state index contributed by atoms with van der Waals surface area (Å²) in [6.07, 6.45) is 0.514. The molecular formula is C20H18N4O4. The first-order valence-corrected chi connectivity index (χ1v) is 8.15. The maximum Gasteiger partial charge on any atom is 0.269 e. The van der Waals surface area contributed by atoms with Gasteiger partial charge in [0.1, 0.15) is 11.9 Å². The average molecular weight is 378 g/mol. The summed E-state index contributed by atoms with van der Waals surface area (Å²) in [5, 5.41) is 18.5. The van der Waals surface area contributed by atoms with Crippen LogP contribution in [0.15, 0.2) is 42.6 Å². The van der Waals surface area contributed by atoms with Crippen molar-refractivity contribution < 1.29 is 19.9 Å². The van der Waals surface area contributed by atoms with Crippen LogP contribution in [0, 0.1) is 23.7 Å². The van der Waals surface area contributed by atoms with E-state index >= 15 is 0 Å². The third kappa shape index (κ3) is 5.32. The van der Waals surface area contributed by atoms with Crippen molar-refractivity contribution in [3.05, 3.63) is 53.7 Å². The Balaban J connectivity index is 2.15. The molecule has 5 N–H and O–H groups in total. The minimum Gasteiger partial charge on any atom is -0.399 e. The van der Waals surface area contributed by atoms with Gasteiger partial charge in [0.05, 0.1) is 6.10 Å². The number of aliphatic hydroxyl groups is 1. The van der Waals surface area contributed by atoms with Crippen molar-refractivity contribution in [1.29, 1.82) is 0 Å². The summed E-state index contributed by atoms with van der Waals surface area (Å²) in [6.45, 7) is 1.32. The van der Waals surface area contributed by atoms with Crippen LogP contribution in [0.4, 0.5) is 11.5 Å². The molecule has 8 heteroatoms. The largest absolute Gasteiger partial charge is 0.399 e. The second-order valence-corrected chi connectivity index (χ2v) is 5.70. The Labute approximate surface area is 162 Å². The van der Waals surface area contributed by atoms with Gasteiger partial charge in [0.25, 0.3) is 5.91 Å². The van der Waals surface area contributed by atoms with Gasteiger partial charge in [-0.05, 0) is 55.2 Å².